The van der Waals surface area contributed by atoms with Crippen LogP contribution in [-0.4, -0.2) is 25.1 Å². The van der Waals surface area contributed by atoms with E-state index in [1.54, 1.807) is 12.1 Å². The fourth-order valence-corrected chi connectivity index (χ4v) is 1.94. The van der Waals surface area contributed by atoms with Gasteiger partial charge in [0.2, 0.25) is 0 Å². The molecule has 0 radical (unpaired) electrons. The van der Waals surface area contributed by atoms with Gasteiger partial charge in [-0.3, -0.25) is 4.79 Å². The first-order valence-corrected chi connectivity index (χ1v) is 7.33. The molecule has 0 aliphatic heterocycles. The molecule has 1 amide bonds. The maximum Gasteiger partial charge on any atom is 0.258 e. The van der Waals surface area contributed by atoms with Gasteiger partial charge in [-0.05, 0) is 37.1 Å². The highest BCUT2D eigenvalue weighted by Crippen LogP contribution is 2.20. The van der Waals surface area contributed by atoms with E-state index in [0.717, 1.165) is 24.8 Å². The molecule has 6 heteroatoms. The highest BCUT2D eigenvalue weighted by atomic mass is 35.5. The molecule has 0 saturated carbocycles. The van der Waals surface area contributed by atoms with Gasteiger partial charge < -0.3 is 15.8 Å². The van der Waals surface area contributed by atoms with Crippen LogP contribution in [0.4, 0.5) is 0 Å². The van der Waals surface area contributed by atoms with Crippen molar-refractivity contribution >= 4 is 29.9 Å². The van der Waals surface area contributed by atoms with Gasteiger partial charge >= 0.3 is 0 Å². The maximum atomic E-state index is 11.8. The minimum atomic E-state index is -0.149. The van der Waals surface area contributed by atoms with Crippen LogP contribution in [0.2, 0.25) is 5.02 Å². The summed E-state index contributed by atoms with van der Waals surface area (Å²) < 4.78 is 5.44. The van der Waals surface area contributed by atoms with E-state index in [4.69, 9.17) is 22.1 Å². The molecule has 3 N–H and O–H groups in total. The molecule has 0 saturated heterocycles. The van der Waals surface area contributed by atoms with E-state index in [1.807, 2.05) is 13.0 Å². The molecule has 1 aromatic rings. The largest absolute Gasteiger partial charge is 0.484 e. The number of halogens is 2. The van der Waals surface area contributed by atoms with Crippen molar-refractivity contribution in [1.29, 1.82) is 0 Å². The molecular formula is C15H24Cl2N2O2. The third-order valence-electron chi connectivity index (χ3n) is 3.06. The zero-order chi connectivity index (χ0) is 15.0. The molecule has 120 valence electrons. The van der Waals surface area contributed by atoms with Crippen LogP contribution in [0.3, 0.4) is 0 Å². The van der Waals surface area contributed by atoms with E-state index in [9.17, 15) is 4.79 Å². The van der Waals surface area contributed by atoms with Crippen LogP contribution in [0.15, 0.2) is 18.2 Å². The molecule has 1 aromatic carbocycles. The number of benzene rings is 1. The lowest BCUT2D eigenvalue weighted by molar-refractivity contribution is -0.123. The molecule has 0 fully saturated rings. The van der Waals surface area contributed by atoms with Crippen LogP contribution in [0, 0.1) is 6.92 Å². The number of ether oxygens (including phenoxy) is 1. The first-order chi connectivity index (χ1) is 9.56. The van der Waals surface area contributed by atoms with Crippen LogP contribution in [0.1, 0.15) is 31.7 Å². The summed E-state index contributed by atoms with van der Waals surface area (Å²) in [6, 6.07) is 5.35. The second-order valence-electron chi connectivity index (χ2n) is 4.84. The fraction of sp³-hybridized carbons (Fsp3) is 0.533. The number of unbranched alkanes of at least 4 members (excludes halogenated alkanes) is 1. The summed E-state index contributed by atoms with van der Waals surface area (Å²) in [7, 11) is 0. The van der Waals surface area contributed by atoms with Crippen molar-refractivity contribution in [2.45, 2.75) is 39.2 Å². The van der Waals surface area contributed by atoms with E-state index in [1.165, 1.54) is 0 Å². The van der Waals surface area contributed by atoms with Gasteiger partial charge in [-0.25, -0.2) is 0 Å². The van der Waals surface area contributed by atoms with Gasteiger partial charge in [0.1, 0.15) is 5.75 Å². The van der Waals surface area contributed by atoms with Crippen molar-refractivity contribution in [2.75, 3.05) is 13.2 Å². The summed E-state index contributed by atoms with van der Waals surface area (Å²) in [5, 5.41) is 3.57. The smallest absolute Gasteiger partial charge is 0.258 e. The second kappa shape index (κ2) is 10.7. The summed E-state index contributed by atoms with van der Waals surface area (Å²) >= 11 is 5.93. The molecule has 4 nitrogen and oxygen atoms in total. The Morgan fingerprint density at radius 1 is 1.48 bits per heavy atom. The average Bonchev–Trinajstić information content (AvgIpc) is 2.44. The summed E-state index contributed by atoms with van der Waals surface area (Å²) in [6.45, 7) is 4.45. The Morgan fingerprint density at radius 3 is 2.76 bits per heavy atom. The predicted molar refractivity (Wildman–Crippen MR) is 89.4 cm³/mol. The fourth-order valence-electron chi connectivity index (χ4n) is 1.82. The molecule has 0 aromatic heterocycles. The minimum absolute atomic E-state index is 0. The number of carbonyl (C=O) groups is 1. The second-order valence-corrected chi connectivity index (χ2v) is 5.25. The Balaban J connectivity index is 0.00000400. The predicted octanol–water partition coefficient (Wildman–Crippen LogP) is 3.08. The van der Waals surface area contributed by atoms with Crippen molar-refractivity contribution in [1.82, 2.24) is 5.32 Å². The molecule has 0 bridgehead atoms. The zero-order valence-electron chi connectivity index (χ0n) is 12.5. The Hall–Kier alpha value is -0.970. The van der Waals surface area contributed by atoms with E-state index in [-0.39, 0.29) is 31.0 Å². The van der Waals surface area contributed by atoms with Crippen LogP contribution >= 0.6 is 24.0 Å². The molecular weight excluding hydrogens is 311 g/mol. The lowest BCUT2D eigenvalue weighted by Crippen LogP contribution is -2.42. The molecule has 21 heavy (non-hydrogen) atoms. The van der Waals surface area contributed by atoms with E-state index < -0.39 is 0 Å². The van der Waals surface area contributed by atoms with Crippen molar-refractivity contribution < 1.29 is 9.53 Å². The zero-order valence-corrected chi connectivity index (χ0v) is 14.1. The van der Waals surface area contributed by atoms with Gasteiger partial charge in [0.15, 0.2) is 6.61 Å². The maximum absolute atomic E-state index is 11.8. The first kappa shape index (κ1) is 20.0. The normalized spacial score (nSPS) is 11.4. The average molecular weight is 335 g/mol. The van der Waals surface area contributed by atoms with Gasteiger partial charge in [0.25, 0.3) is 5.91 Å². The molecule has 0 aliphatic rings. The van der Waals surface area contributed by atoms with Gasteiger partial charge in [-0.15, -0.1) is 12.4 Å². The topological polar surface area (TPSA) is 64.3 Å². The number of rotatable bonds is 8. The molecule has 1 rings (SSSR count). The first-order valence-electron chi connectivity index (χ1n) is 6.95. The molecule has 0 spiro atoms. The van der Waals surface area contributed by atoms with Crippen LogP contribution in [-0.2, 0) is 4.79 Å². The van der Waals surface area contributed by atoms with Crippen molar-refractivity contribution in [3.05, 3.63) is 28.8 Å². The lowest BCUT2D eigenvalue weighted by atomic mass is 10.1. The third kappa shape index (κ3) is 7.55. The highest BCUT2D eigenvalue weighted by Gasteiger charge is 2.10. The van der Waals surface area contributed by atoms with E-state index in [0.29, 0.717) is 17.3 Å². The van der Waals surface area contributed by atoms with Crippen LogP contribution in [0.25, 0.3) is 0 Å². The van der Waals surface area contributed by atoms with Crippen molar-refractivity contribution in [3.8, 4) is 5.75 Å². The number of nitrogens with one attached hydrogen (secondary N) is 1. The number of hydrogen-bond donors (Lipinski definition) is 2. The molecule has 1 unspecified atom stereocenters. The number of carbonyl (C=O) groups excluding carboxylic acids is 1. The Kier molecular flexibility index (Phi) is 10.2. The van der Waals surface area contributed by atoms with Gasteiger partial charge in [0, 0.05) is 17.6 Å². The highest BCUT2D eigenvalue weighted by molar-refractivity contribution is 6.31. The Bertz CT molecular complexity index is 442. The van der Waals surface area contributed by atoms with E-state index >= 15 is 0 Å². The monoisotopic (exact) mass is 334 g/mol. The van der Waals surface area contributed by atoms with Gasteiger partial charge in [0.05, 0.1) is 0 Å². The number of amides is 1. The summed E-state index contributed by atoms with van der Waals surface area (Å²) in [5.41, 5.74) is 6.56. The van der Waals surface area contributed by atoms with Gasteiger partial charge in [-0.1, -0.05) is 31.4 Å². The van der Waals surface area contributed by atoms with Crippen LogP contribution in [0.5, 0.6) is 5.75 Å². The Labute approximate surface area is 137 Å². The molecule has 0 aliphatic carbocycles. The summed E-state index contributed by atoms with van der Waals surface area (Å²) in [6.07, 6.45) is 3.05. The van der Waals surface area contributed by atoms with Crippen LogP contribution < -0.4 is 15.8 Å². The van der Waals surface area contributed by atoms with E-state index in [2.05, 4.69) is 12.2 Å². The van der Waals surface area contributed by atoms with Crippen molar-refractivity contribution in [3.63, 3.8) is 0 Å². The third-order valence-corrected chi connectivity index (χ3v) is 3.48. The Morgan fingerprint density at radius 2 is 2.19 bits per heavy atom. The van der Waals surface area contributed by atoms with Gasteiger partial charge in [-0.2, -0.15) is 0 Å². The number of hydrogen-bond acceptors (Lipinski definition) is 3. The molecule has 0 heterocycles. The van der Waals surface area contributed by atoms with Crippen molar-refractivity contribution in [2.24, 2.45) is 5.73 Å². The SMILES string of the molecule is CCCCC(CN)NC(=O)COc1ccc(Cl)c(C)c1.Cl. The molecule has 1 atom stereocenters. The summed E-state index contributed by atoms with van der Waals surface area (Å²) in [4.78, 5) is 11.8. The quantitative estimate of drug-likeness (QED) is 0.767. The number of nitrogens with two attached hydrogens (primary N) is 1. The lowest BCUT2D eigenvalue weighted by Gasteiger charge is -2.16. The minimum Gasteiger partial charge on any atom is -0.484 e. The number of aryl methyl sites for hydroxylation is 1. The summed E-state index contributed by atoms with van der Waals surface area (Å²) in [5.74, 6) is 0.490. The standard InChI is InChI=1S/C15H23ClN2O2.ClH/c1-3-4-5-12(9-17)18-15(19)10-20-13-6-7-14(16)11(2)8-13;/h6-8,12H,3-5,9-10,17H2,1-2H3,(H,18,19);1H.